The molecule has 0 unspecified atom stereocenters. The van der Waals surface area contributed by atoms with Gasteiger partial charge in [-0.2, -0.15) is 0 Å². The molecule has 1 N–H and O–H groups in total. The summed E-state index contributed by atoms with van der Waals surface area (Å²) < 4.78 is 6.81. The van der Waals surface area contributed by atoms with E-state index in [1.807, 2.05) is 6.08 Å². The van der Waals surface area contributed by atoms with Gasteiger partial charge in [0, 0.05) is 27.5 Å². The number of aryl methyl sites for hydroxylation is 5. The van der Waals surface area contributed by atoms with Crippen LogP contribution in [0.3, 0.4) is 0 Å². The van der Waals surface area contributed by atoms with Gasteiger partial charge in [0.25, 0.3) is 0 Å². The lowest BCUT2D eigenvalue weighted by molar-refractivity contribution is 0.421. The fraction of sp³-hybridized carbons (Fsp3) is 0.115. The van der Waals surface area contributed by atoms with E-state index >= 15 is 0 Å². The molecule has 2 bridgehead atoms. The van der Waals surface area contributed by atoms with Gasteiger partial charge in [0.2, 0.25) is 0 Å². The predicted molar refractivity (Wildman–Crippen MR) is 237 cm³/mol. The zero-order valence-electron chi connectivity index (χ0n) is 32.5. The van der Waals surface area contributed by atoms with Gasteiger partial charge >= 0.3 is 0 Å². The van der Waals surface area contributed by atoms with Gasteiger partial charge in [-0.1, -0.05) is 103 Å². The SMILES string of the molecule is Cc1cc(C)cc(N(C2=CCC=CC=C2O)c2ccc3ccc4cc3c2cccccc4N(c2cc(C)cc(C)c2)c2cccc3c2oc2c(C)cccc23)c1. The maximum absolute atomic E-state index is 11.5. The first kappa shape index (κ1) is 35.0. The molecule has 7 aromatic carbocycles. The monoisotopic (exact) mass is 728 g/mol. The molecule has 9 rings (SSSR count). The van der Waals surface area contributed by atoms with Crippen LogP contribution in [-0.2, 0) is 0 Å². The van der Waals surface area contributed by atoms with E-state index in [2.05, 4.69) is 190 Å². The summed E-state index contributed by atoms with van der Waals surface area (Å²) in [5, 5.41) is 18.1. The van der Waals surface area contributed by atoms with Gasteiger partial charge < -0.3 is 19.3 Å². The van der Waals surface area contributed by atoms with Crippen molar-refractivity contribution in [2.24, 2.45) is 0 Å². The van der Waals surface area contributed by atoms with Crippen LogP contribution in [0.1, 0.15) is 34.2 Å². The molecule has 0 atom stereocenters. The minimum atomic E-state index is 0.229. The highest BCUT2D eigenvalue weighted by Gasteiger charge is 2.24. The van der Waals surface area contributed by atoms with Crippen LogP contribution in [0, 0.1) is 34.6 Å². The second-order valence-corrected chi connectivity index (χ2v) is 15.1. The van der Waals surface area contributed by atoms with Crippen LogP contribution >= 0.6 is 0 Å². The fourth-order valence-corrected chi connectivity index (χ4v) is 8.43. The highest BCUT2D eigenvalue weighted by molar-refractivity contribution is 6.13. The Morgan fingerprint density at radius 2 is 1.11 bits per heavy atom. The van der Waals surface area contributed by atoms with E-state index in [4.69, 9.17) is 4.42 Å². The molecule has 0 spiro atoms. The van der Waals surface area contributed by atoms with Crippen molar-refractivity contribution in [2.75, 3.05) is 9.80 Å². The standard InChI is InChI=1S/C52H44N2O2/c1-33-26-34(2)29-40(28-33)53(49-20-13-17-44-43-16-12-14-37(5)51(43)56-52(44)49)46-18-9-6-8-15-42-45-32-39(46)23-22-38(45)24-25-47(42)54(41-30-35(3)27-36(4)31-41)48-19-10-7-11-21-50(48)55/h6-9,11-32,55H,10H2,1-5H3. The van der Waals surface area contributed by atoms with Crippen molar-refractivity contribution in [2.45, 2.75) is 41.0 Å². The molecule has 0 amide bonds. The van der Waals surface area contributed by atoms with E-state index in [1.165, 1.54) is 11.1 Å². The van der Waals surface area contributed by atoms with Crippen LogP contribution < -0.4 is 9.80 Å². The third-order valence-corrected chi connectivity index (χ3v) is 10.8. The molecule has 1 heterocycles. The molecule has 0 saturated heterocycles. The minimum absolute atomic E-state index is 0.229. The first-order valence-corrected chi connectivity index (χ1v) is 19.3. The van der Waals surface area contributed by atoms with Crippen LogP contribution in [0.2, 0.25) is 0 Å². The summed E-state index contributed by atoms with van der Waals surface area (Å²) in [5.41, 5.74) is 13.4. The number of hydrogen-bond acceptors (Lipinski definition) is 4. The number of aliphatic hydroxyl groups is 1. The first-order valence-electron chi connectivity index (χ1n) is 19.3. The Kier molecular flexibility index (Phi) is 8.82. The smallest absolute Gasteiger partial charge is 0.159 e. The molecule has 1 aromatic heterocycles. The summed E-state index contributed by atoms with van der Waals surface area (Å²) in [6, 6.07) is 48.0. The highest BCUT2D eigenvalue weighted by atomic mass is 16.3. The van der Waals surface area contributed by atoms with Gasteiger partial charge in [-0.15, -0.1) is 0 Å². The number of fused-ring (bicyclic) bond motifs is 4. The largest absolute Gasteiger partial charge is 0.506 e. The van der Waals surface area contributed by atoms with Crippen LogP contribution in [-0.4, -0.2) is 5.11 Å². The summed E-state index contributed by atoms with van der Waals surface area (Å²) in [6.07, 6.45) is 8.59. The number of benzene rings is 6. The lowest BCUT2D eigenvalue weighted by atomic mass is 9.99. The topological polar surface area (TPSA) is 39.9 Å². The number of hydrogen-bond donors (Lipinski definition) is 1. The van der Waals surface area contributed by atoms with Crippen LogP contribution in [0.4, 0.5) is 28.4 Å². The first-order chi connectivity index (χ1) is 27.2. The summed E-state index contributed by atoms with van der Waals surface area (Å²) in [4.78, 5) is 4.57. The van der Waals surface area contributed by atoms with Crippen molar-refractivity contribution in [1.29, 1.82) is 0 Å². The van der Waals surface area contributed by atoms with Gasteiger partial charge in [0.15, 0.2) is 5.58 Å². The number of anilines is 5. The fourth-order valence-electron chi connectivity index (χ4n) is 8.43. The molecule has 0 saturated carbocycles. The number of para-hydroxylation sites is 2. The minimum Gasteiger partial charge on any atom is -0.506 e. The zero-order chi connectivity index (χ0) is 38.5. The Bertz CT molecular complexity index is 2940. The Morgan fingerprint density at radius 1 is 0.500 bits per heavy atom. The van der Waals surface area contributed by atoms with Gasteiger partial charge in [0.05, 0.1) is 22.8 Å². The second kappa shape index (κ2) is 14.1. The maximum atomic E-state index is 11.5. The van der Waals surface area contributed by atoms with E-state index in [1.54, 1.807) is 6.08 Å². The molecule has 8 aromatic rings. The van der Waals surface area contributed by atoms with Crippen molar-refractivity contribution in [3.63, 3.8) is 0 Å². The molecule has 274 valence electrons. The molecule has 56 heavy (non-hydrogen) atoms. The van der Waals surface area contributed by atoms with E-state index in [0.717, 1.165) is 94.3 Å². The Balaban J connectivity index is 1.34. The van der Waals surface area contributed by atoms with Crippen molar-refractivity contribution in [1.82, 2.24) is 0 Å². The molecule has 4 nitrogen and oxygen atoms in total. The summed E-state index contributed by atoms with van der Waals surface area (Å²) in [6.45, 7) is 10.7. The van der Waals surface area contributed by atoms with Gasteiger partial charge in [-0.25, -0.2) is 0 Å². The highest BCUT2D eigenvalue weighted by Crippen LogP contribution is 2.46. The number of nitrogens with zero attached hydrogens (tertiary/aromatic N) is 2. The lowest BCUT2D eigenvalue weighted by Crippen LogP contribution is -2.19. The third kappa shape index (κ3) is 6.23. The molecule has 4 heteroatoms. The van der Waals surface area contributed by atoms with Gasteiger partial charge in [-0.3, -0.25) is 0 Å². The van der Waals surface area contributed by atoms with Crippen LogP contribution in [0.15, 0.2) is 174 Å². The van der Waals surface area contributed by atoms with Crippen LogP contribution in [0.5, 0.6) is 0 Å². The Morgan fingerprint density at radius 3 is 1.86 bits per heavy atom. The van der Waals surface area contributed by atoms with E-state index in [0.29, 0.717) is 6.42 Å². The Hall–Kier alpha value is -6.78. The normalized spacial score (nSPS) is 12.9. The maximum Gasteiger partial charge on any atom is 0.159 e. The number of allylic oxidation sites excluding steroid dienone is 4. The third-order valence-electron chi connectivity index (χ3n) is 10.8. The molecular weight excluding hydrogens is 685 g/mol. The summed E-state index contributed by atoms with van der Waals surface area (Å²) >= 11 is 0. The van der Waals surface area contributed by atoms with E-state index in [-0.39, 0.29) is 5.76 Å². The Labute approximate surface area is 328 Å². The van der Waals surface area contributed by atoms with Crippen LogP contribution in [0.25, 0.3) is 43.5 Å². The molecule has 0 fully saturated rings. The molecule has 0 aliphatic heterocycles. The van der Waals surface area contributed by atoms with E-state index in [9.17, 15) is 5.11 Å². The van der Waals surface area contributed by atoms with Crippen molar-refractivity contribution >= 4 is 71.9 Å². The average molecular weight is 729 g/mol. The molecular formula is C52H44N2O2. The molecule has 0 radical (unpaired) electrons. The molecule has 1 aliphatic carbocycles. The van der Waals surface area contributed by atoms with E-state index < -0.39 is 0 Å². The number of aliphatic hydroxyl groups excluding tert-OH is 1. The predicted octanol–water partition coefficient (Wildman–Crippen LogP) is 14.9. The van der Waals surface area contributed by atoms with Crippen molar-refractivity contribution in [3.8, 4) is 0 Å². The van der Waals surface area contributed by atoms with Gasteiger partial charge in [-0.05, 0) is 140 Å². The van der Waals surface area contributed by atoms with Gasteiger partial charge in [0.1, 0.15) is 11.3 Å². The number of rotatable bonds is 6. The van der Waals surface area contributed by atoms with Crippen molar-refractivity contribution < 1.29 is 9.52 Å². The summed E-state index contributed by atoms with van der Waals surface area (Å²) in [7, 11) is 0. The summed E-state index contributed by atoms with van der Waals surface area (Å²) in [5.74, 6) is 0.229. The molecule has 1 aliphatic rings. The second-order valence-electron chi connectivity index (χ2n) is 15.1. The quantitative estimate of drug-likeness (QED) is 0.185. The average Bonchev–Trinajstić information content (AvgIpc) is 3.44. The zero-order valence-corrected chi connectivity index (χ0v) is 32.5. The lowest BCUT2D eigenvalue weighted by Gasteiger charge is -2.30. The number of furan rings is 1. The van der Waals surface area contributed by atoms with Crippen molar-refractivity contribution in [3.05, 3.63) is 197 Å².